The summed E-state index contributed by atoms with van der Waals surface area (Å²) in [4.78, 5) is 56.6. The van der Waals surface area contributed by atoms with E-state index in [-0.39, 0.29) is 44.4 Å². The number of allylic oxidation sites excluding steroid dienone is 1. The Morgan fingerprint density at radius 3 is 2.27 bits per heavy atom. The van der Waals surface area contributed by atoms with E-state index in [0.29, 0.717) is 48.2 Å². The van der Waals surface area contributed by atoms with Gasteiger partial charge in [-0.15, -0.1) is 0 Å². The van der Waals surface area contributed by atoms with Crippen molar-refractivity contribution in [3.05, 3.63) is 119 Å². The van der Waals surface area contributed by atoms with Crippen LogP contribution in [0.1, 0.15) is 60.8 Å². The molecule has 0 amide bonds. The molecule has 0 radical (unpaired) electrons. The second kappa shape index (κ2) is 17.2. The highest BCUT2D eigenvalue weighted by atomic mass is 35.5. The zero-order chi connectivity index (χ0) is 37.4. The van der Waals surface area contributed by atoms with Crippen molar-refractivity contribution in [1.29, 1.82) is 0 Å². The topological polar surface area (TPSA) is 141 Å². The van der Waals surface area contributed by atoms with Gasteiger partial charge in [-0.3, -0.25) is 9.36 Å². The van der Waals surface area contributed by atoms with Crippen molar-refractivity contribution in [2.24, 2.45) is 4.99 Å². The van der Waals surface area contributed by atoms with E-state index in [2.05, 4.69) is 9.73 Å². The van der Waals surface area contributed by atoms with E-state index in [1.807, 2.05) is 0 Å². The number of fused-ring (bicyclic) bond motifs is 1. The van der Waals surface area contributed by atoms with Crippen LogP contribution in [-0.2, 0) is 30.4 Å². The minimum atomic E-state index is -0.932. The molecular weight excluding hydrogens is 712 g/mol. The van der Waals surface area contributed by atoms with Gasteiger partial charge >= 0.3 is 17.9 Å². The molecule has 1 aliphatic rings. The van der Waals surface area contributed by atoms with Crippen molar-refractivity contribution < 1.29 is 42.8 Å². The summed E-state index contributed by atoms with van der Waals surface area (Å²) in [5.74, 6) is -0.536. The standard InChI is InChI=1S/C38H37ClN2O10S/c1-6-47-30-18-25(13-15-29(30)51-21-32(42)46-5)34-33(37(45)49-8-3)22(4)40-38-41(34)35(43)31(52-38)19-26-17-27(39)14-16-28(26)50-20-23-9-11-24(12-10-23)36(44)48-7-2/h9-19,34H,6-8,20-21H2,1-5H3/b31-19+/t34-/m0/s1. The average molecular weight is 749 g/mol. The van der Waals surface area contributed by atoms with Crippen LogP contribution in [0.25, 0.3) is 6.08 Å². The number of hydrogen-bond acceptors (Lipinski definition) is 12. The maximum absolute atomic E-state index is 14.3. The van der Waals surface area contributed by atoms with E-state index in [0.717, 1.165) is 16.9 Å². The van der Waals surface area contributed by atoms with Gasteiger partial charge in [0, 0.05) is 10.6 Å². The quantitative estimate of drug-likeness (QED) is 0.126. The van der Waals surface area contributed by atoms with Crippen molar-refractivity contribution in [2.75, 3.05) is 33.5 Å². The second-order valence-corrected chi connectivity index (χ2v) is 12.6. The zero-order valence-corrected chi connectivity index (χ0v) is 30.8. The molecule has 0 unspecified atom stereocenters. The van der Waals surface area contributed by atoms with Gasteiger partial charge in [0.1, 0.15) is 12.4 Å². The van der Waals surface area contributed by atoms with Gasteiger partial charge < -0.3 is 28.4 Å². The fourth-order valence-electron chi connectivity index (χ4n) is 5.40. The Kier molecular flexibility index (Phi) is 12.5. The number of carbonyl (C=O) groups excluding carboxylic acids is 3. The number of rotatable bonds is 14. The third-order valence-electron chi connectivity index (χ3n) is 7.79. The van der Waals surface area contributed by atoms with Crippen molar-refractivity contribution >= 4 is 46.9 Å². The molecule has 0 saturated heterocycles. The molecule has 0 aliphatic carbocycles. The summed E-state index contributed by atoms with van der Waals surface area (Å²) in [6.07, 6.45) is 1.67. The third kappa shape index (κ3) is 8.55. The second-order valence-electron chi connectivity index (χ2n) is 11.2. The maximum atomic E-state index is 14.3. The lowest BCUT2D eigenvalue weighted by Gasteiger charge is -2.25. The summed E-state index contributed by atoms with van der Waals surface area (Å²) < 4.78 is 34.6. The summed E-state index contributed by atoms with van der Waals surface area (Å²) in [5.41, 5.74) is 2.48. The zero-order valence-electron chi connectivity index (χ0n) is 29.2. The molecule has 0 N–H and O–H groups in total. The number of esters is 3. The molecule has 5 rings (SSSR count). The molecular formula is C38H37ClN2O10S. The molecule has 2 heterocycles. The lowest BCUT2D eigenvalue weighted by Crippen LogP contribution is -2.40. The third-order valence-corrected chi connectivity index (χ3v) is 9.01. The van der Waals surface area contributed by atoms with Crippen LogP contribution in [0.2, 0.25) is 5.02 Å². The van der Waals surface area contributed by atoms with Gasteiger partial charge in [0.25, 0.3) is 5.56 Å². The maximum Gasteiger partial charge on any atom is 0.343 e. The Morgan fingerprint density at radius 2 is 1.58 bits per heavy atom. The smallest absolute Gasteiger partial charge is 0.343 e. The minimum Gasteiger partial charge on any atom is -0.490 e. The van der Waals surface area contributed by atoms with E-state index in [4.69, 9.17) is 35.3 Å². The Hall–Kier alpha value is -5.40. The van der Waals surface area contributed by atoms with Gasteiger partial charge in [-0.2, -0.15) is 0 Å². The number of aromatic nitrogens is 1. The molecule has 52 heavy (non-hydrogen) atoms. The number of thiazole rings is 1. The number of methoxy groups -OCH3 is 1. The molecule has 12 nitrogen and oxygen atoms in total. The summed E-state index contributed by atoms with van der Waals surface area (Å²) in [5, 5.41) is 0.432. The van der Waals surface area contributed by atoms with Gasteiger partial charge in [-0.25, -0.2) is 19.4 Å². The van der Waals surface area contributed by atoms with Crippen LogP contribution in [0.4, 0.5) is 0 Å². The minimum absolute atomic E-state index is 0.115. The normalized spacial score (nSPS) is 13.9. The number of nitrogens with zero attached hydrogens (tertiary/aromatic N) is 2. The number of hydrogen-bond donors (Lipinski definition) is 0. The predicted molar refractivity (Wildman–Crippen MR) is 194 cm³/mol. The Labute approximate surface area is 308 Å². The van der Waals surface area contributed by atoms with E-state index in [9.17, 15) is 19.2 Å². The molecule has 0 spiro atoms. The monoisotopic (exact) mass is 748 g/mol. The van der Waals surface area contributed by atoms with E-state index >= 15 is 0 Å². The van der Waals surface area contributed by atoms with Gasteiger partial charge in [0.05, 0.1) is 54.3 Å². The first-order valence-electron chi connectivity index (χ1n) is 16.4. The highest BCUT2D eigenvalue weighted by molar-refractivity contribution is 7.07. The molecule has 14 heteroatoms. The van der Waals surface area contributed by atoms with Crippen LogP contribution < -0.4 is 29.1 Å². The molecule has 1 aliphatic heterocycles. The first kappa shape index (κ1) is 37.8. The van der Waals surface area contributed by atoms with Gasteiger partial charge in [-0.05, 0) is 87.4 Å². The molecule has 4 aromatic rings. The van der Waals surface area contributed by atoms with Gasteiger partial charge in [0.15, 0.2) is 22.9 Å². The molecule has 1 aromatic heterocycles. The molecule has 3 aromatic carbocycles. The Morgan fingerprint density at radius 1 is 0.865 bits per heavy atom. The Bertz CT molecular complexity index is 2190. The van der Waals surface area contributed by atoms with Crippen molar-refractivity contribution in [2.45, 2.75) is 40.3 Å². The lowest BCUT2D eigenvalue weighted by atomic mass is 9.95. The van der Waals surface area contributed by atoms with Gasteiger partial charge in [-0.1, -0.05) is 41.1 Å². The summed E-state index contributed by atoms with van der Waals surface area (Å²) >= 11 is 7.54. The molecule has 1 atom stereocenters. The first-order valence-corrected chi connectivity index (χ1v) is 17.6. The first-order chi connectivity index (χ1) is 25.1. The lowest BCUT2D eigenvalue weighted by molar-refractivity contribution is -0.143. The Balaban J connectivity index is 1.56. The van der Waals surface area contributed by atoms with Crippen LogP contribution in [0.3, 0.4) is 0 Å². The SMILES string of the molecule is CCOC(=O)C1=C(C)N=c2s/c(=C/c3cc(Cl)ccc3OCc3ccc(C(=O)OCC)cc3)c(=O)n2[C@H]1c1ccc(OCC(=O)OC)c(OCC)c1. The summed E-state index contributed by atoms with van der Waals surface area (Å²) in [7, 11) is 1.26. The van der Waals surface area contributed by atoms with E-state index in [1.165, 1.54) is 11.7 Å². The van der Waals surface area contributed by atoms with E-state index < -0.39 is 29.5 Å². The van der Waals surface area contributed by atoms with Crippen LogP contribution in [0, 0.1) is 0 Å². The van der Waals surface area contributed by atoms with Gasteiger partial charge in [0.2, 0.25) is 0 Å². The largest absolute Gasteiger partial charge is 0.490 e. The highest BCUT2D eigenvalue weighted by Crippen LogP contribution is 2.36. The van der Waals surface area contributed by atoms with Crippen molar-refractivity contribution in [3.8, 4) is 17.2 Å². The fraction of sp³-hybridized carbons (Fsp3) is 0.289. The summed E-state index contributed by atoms with van der Waals surface area (Å²) in [6, 6.07) is 16.0. The van der Waals surface area contributed by atoms with E-state index in [1.54, 1.807) is 94.4 Å². The average Bonchev–Trinajstić information content (AvgIpc) is 3.43. The molecule has 0 fully saturated rings. The van der Waals surface area contributed by atoms with Crippen LogP contribution in [-0.4, -0.2) is 56.0 Å². The highest BCUT2D eigenvalue weighted by Gasteiger charge is 2.34. The summed E-state index contributed by atoms with van der Waals surface area (Å²) in [6.45, 7) is 7.45. The van der Waals surface area contributed by atoms with Crippen LogP contribution in [0.15, 0.2) is 81.7 Å². The predicted octanol–water partition coefficient (Wildman–Crippen LogP) is 5.16. The number of carbonyl (C=O) groups is 3. The molecule has 272 valence electrons. The van der Waals surface area contributed by atoms with Crippen molar-refractivity contribution in [1.82, 2.24) is 4.57 Å². The van der Waals surface area contributed by atoms with Crippen molar-refractivity contribution in [3.63, 3.8) is 0 Å². The molecule has 0 saturated carbocycles. The van der Waals surface area contributed by atoms with Crippen LogP contribution in [0.5, 0.6) is 17.2 Å². The van der Waals surface area contributed by atoms with Crippen LogP contribution >= 0.6 is 22.9 Å². The fourth-order valence-corrected chi connectivity index (χ4v) is 6.62. The number of ether oxygens (including phenoxy) is 6. The number of halogens is 1. The number of benzene rings is 3. The molecule has 0 bridgehead atoms.